The van der Waals surface area contributed by atoms with E-state index < -0.39 is 0 Å². The lowest BCUT2D eigenvalue weighted by atomic mass is 10.3. The molecule has 0 radical (unpaired) electrons. The van der Waals surface area contributed by atoms with Gasteiger partial charge in [0.1, 0.15) is 0 Å². The molecule has 0 saturated heterocycles. The summed E-state index contributed by atoms with van der Waals surface area (Å²) in [5.41, 5.74) is 5.60. The second kappa shape index (κ2) is 5.63. The van der Waals surface area contributed by atoms with Gasteiger partial charge in [-0.15, -0.1) is 11.3 Å². The summed E-state index contributed by atoms with van der Waals surface area (Å²) in [5.74, 6) is 0.690. The number of thiophene rings is 1. The number of nitrogens with two attached hydrogens (primary N) is 1. The SMILES string of the molecule is COc1nc(N)nc(N(C)CCc2cccs2)n1. The van der Waals surface area contributed by atoms with Crippen molar-refractivity contribution in [2.24, 2.45) is 0 Å². The second-order valence-electron chi connectivity index (χ2n) is 3.73. The number of aromatic nitrogens is 3. The fourth-order valence-electron chi connectivity index (χ4n) is 1.46. The van der Waals surface area contributed by atoms with Crippen molar-refractivity contribution in [3.05, 3.63) is 22.4 Å². The normalized spacial score (nSPS) is 10.3. The van der Waals surface area contributed by atoms with Crippen LogP contribution in [0.5, 0.6) is 6.01 Å². The molecule has 0 unspecified atom stereocenters. The summed E-state index contributed by atoms with van der Waals surface area (Å²) in [5, 5.41) is 2.07. The molecule has 0 aliphatic rings. The smallest absolute Gasteiger partial charge is 0.322 e. The van der Waals surface area contributed by atoms with E-state index in [0.717, 1.165) is 13.0 Å². The third-order valence-corrected chi connectivity index (χ3v) is 3.35. The average molecular weight is 265 g/mol. The molecule has 0 amide bonds. The Morgan fingerprint density at radius 1 is 1.39 bits per heavy atom. The summed E-state index contributed by atoms with van der Waals surface area (Å²) in [6.45, 7) is 0.813. The molecule has 0 aromatic carbocycles. The lowest BCUT2D eigenvalue weighted by Gasteiger charge is -2.16. The van der Waals surface area contributed by atoms with Crippen LogP contribution in [0.2, 0.25) is 0 Å². The van der Waals surface area contributed by atoms with E-state index in [1.807, 2.05) is 18.0 Å². The summed E-state index contributed by atoms with van der Waals surface area (Å²) < 4.78 is 4.97. The van der Waals surface area contributed by atoms with Crippen molar-refractivity contribution in [1.82, 2.24) is 15.0 Å². The summed E-state index contributed by atoms with van der Waals surface area (Å²) >= 11 is 1.74. The van der Waals surface area contributed by atoms with Crippen LogP contribution in [0.1, 0.15) is 4.88 Å². The summed E-state index contributed by atoms with van der Waals surface area (Å²) in [4.78, 5) is 15.4. The molecule has 0 saturated carbocycles. The van der Waals surface area contributed by atoms with Crippen molar-refractivity contribution in [3.8, 4) is 6.01 Å². The van der Waals surface area contributed by atoms with Crippen LogP contribution < -0.4 is 15.4 Å². The Labute approximate surface area is 109 Å². The Bertz CT molecular complexity index is 502. The number of rotatable bonds is 5. The second-order valence-corrected chi connectivity index (χ2v) is 4.76. The number of nitrogens with zero attached hydrogens (tertiary/aromatic N) is 4. The first kappa shape index (κ1) is 12.6. The van der Waals surface area contributed by atoms with E-state index in [-0.39, 0.29) is 12.0 Å². The largest absolute Gasteiger partial charge is 0.467 e. The van der Waals surface area contributed by atoms with Gasteiger partial charge in [0.15, 0.2) is 0 Å². The maximum absolute atomic E-state index is 5.60. The van der Waals surface area contributed by atoms with Crippen LogP contribution in [-0.4, -0.2) is 35.7 Å². The van der Waals surface area contributed by atoms with E-state index >= 15 is 0 Å². The number of likely N-dealkylation sites (N-methyl/N-ethyl adjacent to an activating group) is 1. The zero-order valence-corrected chi connectivity index (χ0v) is 11.1. The molecule has 0 atom stereocenters. The highest BCUT2D eigenvalue weighted by molar-refractivity contribution is 7.09. The molecule has 0 fully saturated rings. The minimum absolute atomic E-state index is 0.167. The summed E-state index contributed by atoms with van der Waals surface area (Å²) in [6.07, 6.45) is 0.946. The Hall–Kier alpha value is -1.89. The summed E-state index contributed by atoms with van der Waals surface area (Å²) in [6, 6.07) is 4.39. The molecule has 2 aromatic rings. The zero-order chi connectivity index (χ0) is 13.0. The molecule has 2 aromatic heterocycles. The monoisotopic (exact) mass is 265 g/mol. The maximum atomic E-state index is 5.60. The first-order valence-corrected chi connectivity index (χ1v) is 6.36. The summed E-state index contributed by atoms with van der Waals surface area (Å²) in [7, 11) is 3.42. The van der Waals surface area contributed by atoms with Crippen LogP contribution in [0.4, 0.5) is 11.9 Å². The lowest BCUT2D eigenvalue weighted by Crippen LogP contribution is -2.23. The van der Waals surface area contributed by atoms with Crippen LogP contribution in [0.15, 0.2) is 17.5 Å². The minimum atomic E-state index is 0.167. The van der Waals surface area contributed by atoms with Gasteiger partial charge in [-0.05, 0) is 17.9 Å². The fraction of sp³-hybridized carbons (Fsp3) is 0.364. The first-order valence-electron chi connectivity index (χ1n) is 5.48. The van der Waals surface area contributed by atoms with Gasteiger partial charge in [0, 0.05) is 18.5 Å². The van der Waals surface area contributed by atoms with Crippen molar-refractivity contribution >= 4 is 23.2 Å². The van der Waals surface area contributed by atoms with Gasteiger partial charge < -0.3 is 15.4 Å². The standard InChI is InChI=1S/C11H15N5OS/c1-16(6-5-8-4-3-7-18-8)10-13-9(12)14-11(15-10)17-2/h3-4,7H,5-6H2,1-2H3,(H2,12,13,14,15). The molecule has 0 bridgehead atoms. The third kappa shape index (κ3) is 3.07. The van der Waals surface area contributed by atoms with Crippen LogP contribution in [-0.2, 0) is 6.42 Å². The highest BCUT2D eigenvalue weighted by Gasteiger charge is 2.09. The number of ether oxygens (including phenoxy) is 1. The predicted octanol–water partition coefficient (Wildman–Crippen LogP) is 1.20. The Kier molecular flexibility index (Phi) is 3.93. The number of hydrogen-bond acceptors (Lipinski definition) is 7. The first-order chi connectivity index (χ1) is 8.69. The highest BCUT2D eigenvalue weighted by Crippen LogP contribution is 2.14. The van der Waals surface area contributed by atoms with Gasteiger partial charge >= 0.3 is 6.01 Å². The van der Waals surface area contributed by atoms with Crippen molar-refractivity contribution in [1.29, 1.82) is 0 Å². The van der Waals surface area contributed by atoms with Gasteiger partial charge in [-0.25, -0.2) is 0 Å². The molecule has 96 valence electrons. The predicted molar refractivity (Wildman–Crippen MR) is 72.1 cm³/mol. The number of hydrogen-bond donors (Lipinski definition) is 1. The third-order valence-electron chi connectivity index (χ3n) is 2.42. The molecule has 0 aliphatic heterocycles. The fourth-order valence-corrected chi connectivity index (χ4v) is 2.15. The van der Waals surface area contributed by atoms with Crippen molar-refractivity contribution in [2.75, 3.05) is 31.3 Å². The molecule has 6 nitrogen and oxygen atoms in total. The Morgan fingerprint density at radius 2 is 2.22 bits per heavy atom. The molecule has 0 spiro atoms. The van der Waals surface area contributed by atoms with Gasteiger partial charge in [0.25, 0.3) is 0 Å². The van der Waals surface area contributed by atoms with E-state index in [2.05, 4.69) is 26.4 Å². The van der Waals surface area contributed by atoms with E-state index in [9.17, 15) is 0 Å². The molecule has 2 rings (SSSR count). The molecule has 2 heterocycles. The molecule has 18 heavy (non-hydrogen) atoms. The van der Waals surface area contributed by atoms with Crippen molar-refractivity contribution < 1.29 is 4.74 Å². The molecule has 7 heteroatoms. The number of methoxy groups -OCH3 is 1. The molecule has 0 aliphatic carbocycles. The van der Waals surface area contributed by atoms with E-state index in [0.29, 0.717) is 5.95 Å². The molecular weight excluding hydrogens is 250 g/mol. The van der Waals surface area contributed by atoms with Crippen molar-refractivity contribution in [3.63, 3.8) is 0 Å². The maximum Gasteiger partial charge on any atom is 0.322 e. The van der Waals surface area contributed by atoms with Gasteiger partial charge in [-0.1, -0.05) is 6.07 Å². The van der Waals surface area contributed by atoms with Crippen LogP contribution >= 0.6 is 11.3 Å². The van der Waals surface area contributed by atoms with Gasteiger partial charge in [-0.2, -0.15) is 15.0 Å². The lowest BCUT2D eigenvalue weighted by molar-refractivity contribution is 0.379. The average Bonchev–Trinajstić information content (AvgIpc) is 2.88. The Morgan fingerprint density at radius 3 is 2.89 bits per heavy atom. The topological polar surface area (TPSA) is 77.2 Å². The van der Waals surface area contributed by atoms with Gasteiger partial charge in [0.05, 0.1) is 7.11 Å². The van der Waals surface area contributed by atoms with Crippen LogP contribution in [0.3, 0.4) is 0 Å². The molecule has 2 N–H and O–H groups in total. The van der Waals surface area contributed by atoms with Crippen molar-refractivity contribution in [2.45, 2.75) is 6.42 Å². The Balaban J connectivity index is 2.03. The quantitative estimate of drug-likeness (QED) is 0.875. The number of nitrogen functional groups attached to an aromatic ring is 1. The molecular formula is C11H15N5OS. The van der Waals surface area contributed by atoms with Gasteiger partial charge in [0.2, 0.25) is 11.9 Å². The zero-order valence-electron chi connectivity index (χ0n) is 10.3. The minimum Gasteiger partial charge on any atom is -0.467 e. The van der Waals surface area contributed by atoms with E-state index in [1.54, 1.807) is 11.3 Å². The van der Waals surface area contributed by atoms with Gasteiger partial charge in [-0.3, -0.25) is 0 Å². The van der Waals surface area contributed by atoms with E-state index in [4.69, 9.17) is 10.5 Å². The van der Waals surface area contributed by atoms with Crippen LogP contribution in [0.25, 0.3) is 0 Å². The van der Waals surface area contributed by atoms with Crippen LogP contribution in [0, 0.1) is 0 Å². The highest BCUT2D eigenvalue weighted by atomic mass is 32.1. The number of anilines is 2. The van der Waals surface area contributed by atoms with E-state index in [1.165, 1.54) is 12.0 Å².